The van der Waals surface area contributed by atoms with Crippen LogP contribution in [-0.2, 0) is 4.79 Å². The summed E-state index contributed by atoms with van der Waals surface area (Å²) in [5.74, 6) is -0.0509. The van der Waals surface area contributed by atoms with E-state index >= 15 is 0 Å². The molecule has 8 heteroatoms. The Kier molecular flexibility index (Phi) is 5.98. The van der Waals surface area contributed by atoms with E-state index in [-0.39, 0.29) is 36.8 Å². The lowest BCUT2D eigenvalue weighted by molar-refractivity contribution is -0.116. The van der Waals surface area contributed by atoms with Gasteiger partial charge in [-0.15, -0.1) is 24.8 Å². The highest BCUT2D eigenvalue weighted by molar-refractivity contribution is 7.22. The van der Waals surface area contributed by atoms with Crippen LogP contribution in [0, 0.1) is 6.92 Å². The number of nitrogens with zero attached hydrogens (tertiary/aromatic N) is 1. The fourth-order valence-corrected chi connectivity index (χ4v) is 3.00. The molecule has 5 nitrogen and oxygen atoms in total. The lowest BCUT2D eigenvalue weighted by Gasteiger charge is -2.11. The minimum atomic E-state index is -0.248. The van der Waals surface area contributed by atoms with Crippen LogP contribution in [-0.4, -0.2) is 23.5 Å². The number of carbonyl (C=O) groups is 1. The fourth-order valence-electron chi connectivity index (χ4n) is 2.15. The number of aryl methyl sites for hydroxylation is 1. The largest absolute Gasteiger partial charge is 0.375 e. The summed E-state index contributed by atoms with van der Waals surface area (Å²) in [6, 6.07) is 3.58. The van der Waals surface area contributed by atoms with Gasteiger partial charge < -0.3 is 11.1 Å². The number of benzene rings is 1. The van der Waals surface area contributed by atoms with Gasteiger partial charge in [-0.3, -0.25) is 10.1 Å². The van der Waals surface area contributed by atoms with Gasteiger partial charge in [-0.2, -0.15) is 0 Å². The second kappa shape index (κ2) is 7.09. The van der Waals surface area contributed by atoms with Gasteiger partial charge in [0, 0.05) is 12.2 Å². The Morgan fingerprint density at radius 1 is 1.48 bits per heavy atom. The van der Waals surface area contributed by atoms with E-state index in [2.05, 4.69) is 15.6 Å². The van der Waals surface area contributed by atoms with E-state index in [0.717, 1.165) is 28.0 Å². The lowest BCUT2D eigenvalue weighted by atomic mass is 10.2. The molecule has 21 heavy (non-hydrogen) atoms. The van der Waals surface area contributed by atoms with Crippen LogP contribution in [0.25, 0.3) is 10.2 Å². The van der Waals surface area contributed by atoms with Crippen LogP contribution in [0.4, 0.5) is 10.8 Å². The first kappa shape index (κ1) is 17.7. The van der Waals surface area contributed by atoms with Crippen molar-refractivity contribution in [2.45, 2.75) is 13.0 Å². The van der Waals surface area contributed by atoms with Crippen molar-refractivity contribution in [3.63, 3.8) is 0 Å². The van der Waals surface area contributed by atoms with E-state index in [4.69, 9.17) is 5.73 Å². The third kappa shape index (κ3) is 3.65. The highest BCUT2D eigenvalue weighted by atomic mass is 35.5. The maximum atomic E-state index is 12.0. The van der Waals surface area contributed by atoms with E-state index in [1.807, 2.05) is 31.2 Å². The molecule has 3 rings (SSSR count). The number of hydrogen-bond donors (Lipinski definition) is 3. The summed E-state index contributed by atoms with van der Waals surface area (Å²) in [5, 5.41) is 6.53. The number of hydrogen-bond acceptors (Lipinski definition) is 5. The van der Waals surface area contributed by atoms with Crippen molar-refractivity contribution in [2.75, 3.05) is 17.6 Å². The number of rotatable bonds is 2. The summed E-state index contributed by atoms with van der Waals surface area (Å²) in [4.78, 5) is 16.3. The number of fused-ring (bicyclic) bond motifs is 1. The van der Waals surface area contributed by atoms with Crippen molar-refractivity contribution in [1.82, 2.24) is 10.3 Å². The molecule has 0 saturated carbocycles. The molecule has 0 aliphatic carbocycles. The molecule has 1 amide bonds. The van der Waals surface area contributed by atoms with Crippen LogP contribution in [0.15, 0.2) is 24.3 Å². The van der Waals surface area contributed by atoms with E-state index in [1.54, 1.807) is 0 Å². The Morgan fingerprint density at radius 3 is 2.90 bits per heavy atom. The van der Waals surface area contributed by atoms with Gasteiger partial charge in [0.15, 0.2) is 5.13 Å². The monoisotopic (exact) mass is 346 g/mol. The number of nitrogens with one attached hydrogen (secondary N) is 2. The average Bonchev–Trinajstić information content (AvgIpc) is 2.97. The van der Waals surface area contributed by atoms with Crippen molar-refractivity contribution in [3.05, 3.63) is 29.8 Å². The first-order chi connectivity index (χ1) is 9.13. The second-order valence-corrected chi connectivity index (χ2v) is 5.56. The molecule has 114 valence electrons. The number of nitrogens with two attached hydrogens (primary N) is 1. The Morgan fingerprint density at radius 2 is 2.24 bits per heavy atom. The van der Waals surface area contributed by atoms with Crippen LogP contribution in [0.3, 0.4) is 0 Å². The molecule has 1 aliphatic rings. The fraction of sp³-hybridized carbons (Fsp3) is 0.231. The Balaban J connectivity index is 0.00000110. The highest BCUT2D eigenvalue weighted by Gasteiger charge is 2.18. The van der Waals surface area contributed by atoms with Crippen molar-refractivity contribution < 1.29 is 4.79 Å². The number of carbonyl (C=O) groups excluding carboxylic acids is 1. The summed E-state index contributed by atoms with van der Waals surface area (Å²) >= 11 is 1.43. The van der Waals surface area contributed by atoms with Gasteiger partial charge in [0.1, 0.15) is 6.04 Å². The molecule has 2 aromatic rings. The molecule has 0 saturated heterocycles. The van der Waals surface area contributed by atoms with Crippen LogP contribution < -0.4 is 16.4 Å². The Labute approximate surface area is 138 Å². The number of nitrogen functional groups attached to an aromatic ring is 1. The highest BCUT2D eigenvalue weighted by Crippen LogP contribution is 2.29. The minimum Gasteiger partial charge on any atom is -0.375 e. The van der Waals surface area contributed by atoms with Crippen molar-refractivity contribution in [3.8, 4) is 0 Å². The average molecular weight is 347 g/mol. The zero-order valence-corrected chi connectivity index (χ0v) is 13.7. The minimum absolute atomic E-state index is 0. The summed E-state index contributed by atoms with van der Waals surface area (Å²) in [5.41, 5.74) is 8.40. The third-order valence-electron chi connectivity index (χ3n) is 3.04. The van der Waals surface area contributed by atoms with Gasteiger partial charge in [0.25, 0.3) is 0 Å². The van der Waals surface area contributed by atoms with E-state index in [0.29, 0.717) is 5.13 Å². The van der Waals surface area contributed by atoms with Crippen molar-refractivity contribution in [2.24, 2.45) is 0 Å². The molecule has 0 fully saturated rings. The maximum Gasteiger partial charge on any atom is 0.245 e. The molecule has 4 N–H and O–H groups in total. The van der Waals surface area contributed by atoms with E-state index < -0.39 is 0 Å². The van der Waals surface area contributed by atoms with Crippen LogP contribution in [0.5, 0.6) is 0 Å². The normalized spacial score (nSPS) is 16.3. The number of halogens is 2. The number of anilines is 2. The van der Waals surface area contributed by atoms with E-state index in [1.165, 1.54) is 11.3 Å². The van der Waals surface area contributed by atoms with Gasteiger partial charge in [-0.05, 0) is 24.6 Å². The van der Waals surface area contributed by atoms with Gasteiger partial charge in [0.2, 0.25) is 5.91 Å². The summed E-state index contributed by atoms with van der Waals surface area (Å²) in [7, 11) is 0. The molecule has 0 spiro atoms. The third-order valence-corrected chi connectivity index (χ3v) is 3.87. The molecule has 1 aliphatic heterocycles. The molecule has 1 unspecified atom stereocenters. The number of aromatic nitrogens is 1. The molecule has 1 aromatic heterocycles. The Bertz CT molecular complexity index is 686. The SMILES string of the molecule is Cc1cc(NC(=O)C2C=CCN2)cc2sc(N)nc12.Cl.Cl. The van der Waals surface area contributed by atoms with Gasteiger partial charge >= 0.3 is 0 Å². The number of amides is 1. The zero-order valence-electron chi connectivity index (χ0n) is 11.3. The van der Waals surface area contributed by atoms with E-state index in [9.17, 15) is 4.79 Å². The van der Waals surface area contributed by atoms with Crippen molar-refractivity contribution in [1.29, 1.82) is 0 Å². The van der Waals surface area contributed by atoms with Crippen LogP contribution in [0.1, 0.15) is 5.56 Å². The first-order valence-electron chi connectivity index (χ1n) is 6.01. The predicted octanol–water partition coefficient (Wildman–Crippen LogP) is 2.50. The van der Waals surface area contributed by atoms with Crippen molar-refractivity contribution >= 4 is 63.1 Å². The van der Waals surface area contributed by atoms with Gasteiger partial charge in [-0.1, -0.05) is 23.5 Å². The zero-order chi connectivity index (χ0) is 13.4. The molecule has 0 bridgehead atoms. The molecule has 1 aromatic carbocycles. The summed E-state index contributed by atoms with van der Waals surface area (Å²) in [6.45, 7) is 2.70. The topological polar surface area (TPSA) is 80.0 Å². The Hall–Kier alpha value is -1.34. The molecule has 0 radical (unpaired) electrons. The second-order valence-electron chi connectivity index (χ2n) is 4.50. The molecular formula is C13H16Cl2N4OS. The van der Waals surface area contributed by atoms with Crippen LogP contribution in [0.2, 0.25) is 0 Å². The first-order valence-corrected chi connectivity index (χ1v) is 6.83. The summed E-state index contributed by atoms with van der Waals surface area (Å²) in [6.07, 6.45) is 3.81. The molecular weight excluding hydrogens is 331 g/mol. The van der Waals surface area contributed by atoms with Crippen LogP contribution >= 0.6 is 36.2 Å². The molecule has 2 heterocycles. The quantitative estimate of drug-likeness (QED) is 0.730. The smallest absolute Gasteiger partial charge is 0.245 e. The lowest BCUT2D eigenvalue weighted by Crippen LogP contribution is -2.35. The summed E-state index contributed by atoms with van der Waals surface area (Å²) < 4.78 is 0.989. The predicted molar refractivity (Wildman–Crippen MR) is 92.8 cm³/mol. The molecule has 1 atom stereocenters. The van der Waals surface area contributed by atoms with Gasteiger partial charge in [-0.25, -0.2) is 4.98 Å². The maximum absolute atomic E-state index is 12.0. The van der Waals surface area contributed by atoms with Gasteiger partial charge in [0.05, 0.1) is 10.2 Å². The number of thiazole rings is 1. The standard InChI is InChI=1S/C13H14N4OS.2ClH/c1-7-5-8(6-10-11(7)17-13(14)19-10)16-12(18)9-3-2-4-15-9;;/h2-3,5-6,9,15H,4H2,1H3,(H2,14,17)(H,16,18);2*1H.